The number of anilines is 1. The Balaban J connectivity index is 1.46. The molecule has 1 heterocycles. The monoisotopic (exact) mass is 446 g/mol. The van der Waals surface area contributed by atoms with E-state index in [1.807, 2.05) is 12.1 Å². The Kier molecular flexibility index (Phi) is 5.40. The maximum atomic E-state index is 13.5. The predicted octanol–water partition coefficient (Wildman–Crippen LogP) is 3.58. The van der Waals surface area contributed by atoms with Crippen LogP contribution in [-0.2, 0) is 14.4 Å². The van der Waals surface area contributed by atoms with E-state index in [0.29, 0.717) is 22.7 Å². The molecule has 2 aliphatic carbocycles. The number of para-hydroxylation sites is 2. The molecule has 0 radical (unpaired) electrons. The van der Waals surface area contributed by atoms with Gasteiger partial charge in [0.2, 0.25) is 17.7 Å². The second-order valence-corrected chi connectivity index (χ2v) is 8.79. The molecule has 170 valence electrons. The van der Waals surface area contributed by atoms with Gasteiger partial charge in [0.15, 0.2) is 0 Å². The highest BCUT2D eigenvalue weighted by Gasteiger charge is 2.60. The number of carbonyl (C=O) groups excluding carboxylic acids is 3. The summed E-state index contributed by atoms with van der Waals surface area (Å²) < 4.78 is 10.7. The molecule has 2 bridgehead atoms. The van der Waals surface area contributed by atoms with E-state index in [-0.39, 0.29) is 47.8 Å². The standard InChI is InChI=1S/C26H26N2O5/c1-32-18-7-5-6-15(13-18)20(14-22(29)27-19-8-3-4-9-21(19)33-2)28-25(30)23-16-10-11-17(12-16)24(23)26(28)31/h3-11,13,16-17,20,23-24H,12,14H2,1-2H3,(H,27,29). The van der Waals surface area contributed by atoms with Crippen molar-refractivity contribution in [2.45, 2.75) is 18.9 Å². The summed E-state index contributed by atoms with van der Waals surface area (Å²) in [6.45, 7) is 0. The van der Waals surface area contributed by atoms with Crippen molar-refractivity contribution in [3.8, 4) is 11.5 Å². The summed E-state index contributed by atoms with van der Waals surface area (Å²) in [5.41, 5.74) is 1.22. The Morgan fingerprint density at radius 3 is 2.36 bits per heavy atom. The fourth-order valence-corrected chi connectivity index (χ4v) is 5.56. The van der Waals surface area contributed by atoms with Gasteiger partial charge >= 0.3 is 0 Å². The van der Waals surface area contributed by atoms with Crippen LogP contribution < -0.4 is 14.8 Å². The Labute approximate surface area is 192 Å². The van der Waals surface area contributed by atoms with Crippen molar-refractivity contribution in [1.29, 1.82) is 0 Å². The lowest BCUT2D eigenvalue weighted by Gasteiger charge is -2.28. The lowest BCUT2D eigenvalue weighted by atomic mass is 9.85. The van der Waals surface area contributed by atoms with E-state index in [1.165, 1.54) is 12.0 Å². The molecular weight excluding hydrogens is 420 g/mol. The van der Waals surface area contributed by atoms with Crippen LogP contribution in [0.1, 0.15) is 24.4 Å². The maximum Gasteiger partial charge on any atom is 0.234 e. The van der Waals surface area contributed by atoms with Gasteiger partial charge in [-0.25, -0.2) is 0 Å². The van der Waals surface area contributed by atoms with Gasteiger partial charge in [-0.1, -0.05) is 36.4 Å². The highest BCUT2D eigenvalue weighted by Crippen LogP contribution is 2.54. The smallest absolute Gasteiger partial charge is 0.234 e. The van der Waals surface area contributed by atoms with Gasteiger partial charge in [-0.15, -0.1) is 0 Å². The van der Waals surface area contributed by atoms with E-state index < -0.39 is 6.04 Å². The first-order valence-corrected chi connectivity index (χ1v) is 11.1. The number of nitrogens with one attached hydrogen (secondary N) is 1. The zero-order valence-electron chi connectivity index (χ0n) is 18.6. The first kappa shape index (κ1) is 21.2. The number of hydrogen-bond acceptors (Lipinski definition) is 5. The Morgan fingerprint density at radius 2 is 1.70 bits per heavy atom. The van der Waals surface area contributed by atoms with Crippen LogP contribution >= 0.6 is 0 Å². The number of fused-ring (bicyclic) bond motifs is 5. The molecule has 2 aromatic carbocycles. The first-order valence-electron chi connectivity index (χ1n) is 11.1. The van der Waals surface area contributed by atoms with Crippen LogP contribution in [0.15, 0.2) is 60.7 Å². The van der Waals surface area contributed by atoms with Crippen molar-refractivity contribution < 1.29 is 23.9 Å². The van der Waals surface area contributed by atoms with Crippen molar-refractivity contribution in [2.24, 2.45) is 23.7 Å². The van der Waals surface area contributed by atoms with Crippen LogP contribution in [0.3, 0.4) is 0 Å². The van der Waals surface area contributed by atoms with Gasteiger partial charge in [-0.05, 0) is 48.1 Å². The van der Waals surface area contributed by atoms with Gasteiger partial charge in [-0.2, -0.15) is 0 Å². The molecule has 5 unspecified atom stereocenters. The molecule has 5 rings (SSSR count). The van der Waals surface area contributed by atoms with E-state index in [2.05, 4.69) is 17.5 Å². The molecule has 3 aliphatic rings. The third-order valence-corrected chi connectivity index (χ3v) is 7.05. The second kappa shape index (κ2) is 8.39. The van der Waals surface area contributed by atoms with Crippen molar-refractivity contribution in [2.75, 3.05) is 19.5 Å². The summed E-state index contributed by atoms with van der Waals surface area (Å²) in [4.78, 5) is 41.4. The first-order chi connectivity index (χ1) is 16.0. The third-order valence-electron chi connectivity index (χ3n) is 7.05. The molecule has 5 atom stereocenters. The average Bonchev–Trinajstić information content (AvgIpc) is 3.52. The quantitative estimate of drug-likeness (QED) is 0.519. The second-order valence-electron chi connectivity index (χ2n) is 8.79. The van der Waals surface area contributed by atoms with Crippen LogP contribution in [0.2, 0.25) is 0 Å². The van der Waals surface area contributed by atoms with Gasteiger partial charge in [0, 0.05) is 0 Å². The molecule has 1 N–H and O–H groups in total. The van der Waals surface area contributed by atoms with Gasteiger partial charge in [0.25, 0.3) is 0 Å². The minimum Gasteiger partial charge on any atom is -0.497 e. The van der Waals surface area contributed by atoms with Gasteiger partial charge < -0.3 is 14.8 Å². The topological polar surface area (TPSA) is 84.9 Å². The molecule has 1 aliphatic heterocycles. The number of methoxy groups -OCH3 is 2. The van der Waals surface area contributed by atoms with Crippen LogP contribution in [0.25, 0.3) is 0 Å². The molecule has 33 heavy (non-hydrogen) atoms. The van der Waals surface area contributed by atoms with Crippen LogP contribution in [0, 0.1) is 23.7 Å². The maximum absolute atomic E-state index is 13.5. The molecule has 7 heteroatoms. The fourth-order valence-electron chi connectivity index (χ4n) is 5.56. The van der Waals surface area contributed by atoms with Crippen molar-refractivity contribution >= 4 is 23.4 Å². The normalized spacial score (nSPS) is 25.8. The van der Waals surface area contributed by atoms with Crippen LogP contribution in [-0.4, -0.2) is 36.8 Å². The summed E-state index contributed by atoms with van der Waals surface area (Å²) >= 11 is 0. The molecule has 1 saturated heterocycles. The lowest BCUT2D eigenvalue weighted by molar-refractivity contribution is -0.144. The number of nitrogens with zero attached hydrogens (tertiary/aromatic N) is 1. The van der Waals surface area contributed by atoms with Crippen LogP contribution in [0.5, 0.6) is 11.5 Å². The molecule has 0 aromatic heterocycles. The third kappa shape index (κ3) is 3.57. The molecule has 2 aromatic rings. The van der Waals surface area contributed by atoms with Crippen molar-refractivity contribution in [3.05, 3.63) is 66.2 Å². The van der Waals surface area contributed by atoms with Crippen molar-refractivity contribution in [3.63, 3.8) is 0 Å². The zero-order chi connectivity index (χ0) is 23.1. The van der Waals surface area contributed by atoms with Gasteiger partial charge in [0.05, 0.1) is 44.2 Å². The lowest BCUT2D eigenvalue weighted by Crippen LogP contribution is -2.38. The number of amides is 3. The Hall–Kier alpha value is -3.61. The number of benzene rings is 2. The molecule has 7 nitrogen and oxygen atoms in total. The van der Waals surface area contributed by atoms with Crippen LogP contribution in [0.4, 0.5) is 5.69 Å². The fraction of sp³-hybridized carbons (Fsp3) is 0.346. The van der Waals surface area contributed by atoms with E-state index in [4.69, 9.17) is 9.47 Å². The highest BCUT2D eigenvalue weighted by molar-refractivity contribution is 6.07. The van der Waals surface area contributed by atoms with Gasteiger partial charge in [0.1, 0.15) is 11.5 Å². The highest BCUT2D eigenvalue weighted by atomic mass is 16.5. The van der Waals surface area contributed by atoms with E-state index >= 15 is 0 Å². The number of hydrogen-bond donors (Lipinski definition) is 1. The Bertz CT molecular complexity index is 1110. The number of imide groups is 1. The van der Waals surface area contributed by atoms with E-state index in [0.717, 1.165) is 6.42 Å². The predicted molar refractivity (Wildman–Crippen MR) is 122 cm³/mol. The molecule has 0 spiro atoms. The number of carbonyl (C=O) groups is 3. The summed E-state index contributed by atoms with van der Waals surface area (Å²) in [5.74, 6) is 0.0314. The summed E-state index contributed by atoms with van der Waals surface area (Å²) in [6.07, 6.45) is 4.93. The molecular formula is C26H26N2O5. The van der Waals surface area contributed by atoms with E-state index in [1.54, 1.807) is 43.5 Å². The minimum absolute atomic E-state index is 0.0646. The number of likely N-dealkylation sites (tertiary alicyclic amines) is 1. The SMILES string of the molecule is COc1cccc(C(CC(=O)Nc2ccccc2OC)N2C(=O)C3C4C=CC(C4)C3C2=O)c1. The minimum atomic E-state index is -0.722. The molecule has 2 fully saturated rings. The number of ether oxygens (including phenoxy) is 2. The average molecular weight is 447 g/mol. The number of rotatable bonds is 7. The summed E-state index contributed by atoms with van der Waals surface area (Å²) in [7, 11) is 3.09. The number of allylic oxidation sites excluding steroid dienone is 2. The molecule has 3 amide bonds. The summed E-state index contributed by atoms with van der Waals surface area (Å²) in [5, 5.41) is 2.87. The Morgan fingerprint density at radius 1 is 1.00 bits per heavy atom. The zero-order valence-corrected chi connectivity index (χ0v) is 18.6. The largest absolute Gasteiger partial charge is 0.497 e. The van der Waals surface area contributed by atoms with Crippen molar-refractivity contribution in [1.82, 2.24) is 4.90 Å². The molecule has 1 saturated carbocycles. The van der Waals surface area contributed by atoms with E-state index in [9.17, 15) is 14.4 Å². The van der Waals surface area contributed by atoms with Gasteiger partial charge in [-0.3, -0.25) is 19.3 Å². The summed E-state index contributed by atoms with van der Waals surface area (Å²) in [6, 6.07) is 13.6.